The highest BCUT2D eigenvalue weighted by atomic mass is 16.6. The van der Waals surface area contributed by atoms with Crippen molar-refractivity contribution < 1.29 is 19.4 Å². The topological polar surface area (TPSA) is 62.2 Å². The predicted octanol–water partition coefficient (Wildman–Crippen LogP) is 8.54. The van der Waals surface area contributed by atoms with E-state index in [0.29, 0.717) is 25.6 Å². The van der Waals surface area contributed by atoms with Crippen molar-refractivity contribution in [3.63, 3.8) is 0 Å². The van der Waals surface area contributed by atoms with E-state index in [4.69, 9.17) is 9.47 Å². The lowest BCUT2D eigenvalue weighted by Gasteiger charge is -2.38. The number of likely N-dealkylation sites (N-methyl/N-ethyl adjacent to an activating group) is 1. The standard InChI is InChI=1S/C36H72N2O4/c1-4-6-8-10-12-14-16-18-20-22-31-41-33-35(32-37(3)27-28-38(29-30-39)34-24-23-25-34)42-36(40)26-21-19-17-15-13-11-9-7-5-2/h34-35,39H,4-33H2,1-3H3. The van der Waals surface area contributed by atoms with Crippen LogP contribution in [0.1, 0.15) is 162 Å². The third-order valence-corrected chi connectivity index (χ3v) is 8.99. The lowest BCUT2D eigenvalue weighted by molar-refractivity contribution is -0.153. The van der Waals surface area contributed by atoms with Gasteiger partial charge in [0.1, 0.15) is 6.10 Å². The number of nitrogens with zero attached hydrogens (tertiary/aromatic N) is 2. The fraction of sp³-hybridized carbons (Fsp3) is 0.972. The van der Waals surface area contributed by atoms with Gasteiger partial charge in [-0.25, -0.2) is 0 Å². The first-order valence-electron chi connectivity index (χ1n) is 18.4. The minimum absolute atomic E-state index is 0.0738. The van der Waals surface area contributed by atoms with Crippen molar-refractivity contribution in [2.75, 3.05) is 53.0 Å². The Bertz CT molecular complexity index is 587. The summed E-state index contributed by atoms with van der Waals surface area (Å²) in [5.41, 5.74) is 0. The molecule has 1 N–H and O–H groups in total. The molecule has 0 saturated heterocycles. The molecule has 1 fully saturated rings. The summed E-state index contributed by atoms with van der Waals surface area (Å²) in [6, 6.07) is 0.625. The Balaban J connectivity index is 2.31. The molecule has 0 aromatic heterocycles. The number of hydrogen-bond donors (Lipinski definition) is 1. The third-order valence-electron chi connectivity index (χ3n) is 8.99. The number of unbranched alkanes of at least 4 members (excludes halogenated alkanes) is 17. The van der Waals surface area contributed by atoms with Crippen molar-refractivity contribution in [3.8, 4) is 0 Å². The number of esters is 1. The van der Waals surface area contributed by atoms with E-state index in [2.05, 4.69) is 30.7 Å². The highest BCUT2D eigenvalue weighted by molar-refractivity contribution is 5.69. The zero-order valence-electron chi connectivity index (χ0n) is 28.4. The van der Waals surface area contributed by atoms with Crippen LogP contribution in [0.15, 0.2) is 0 Å². The van der Waals surface area contributed by atoms with Crippen molar-refractivity contribution in [3.05, 3.63) is 0 Å². The van der Waals surface area contributed by atoms with Gasteiger partial charge in [-0.05, 0) is 32.7 Å². The van der Waals surface area contributed by atoms with Gasteiger partial charge in [0.2, 0.25) is 0 Å². The number of ether oxygens (including phenoxy) is 2. The fourth-order valence-corrected chi connectivity index (χ4v) is 5.95. The SMILES string of the molecule is CCCCCCCCCCCCOCC(CN(C)CCN(CCO)C1CCC1)OC(=O)CCCCCCCCCCC. The molecule has 0 aromatic rings. The van der Waals surface area contributed by atoms with Crippen LogP contribution in [0.3, 0.4) is 0 Å². The van der Waals surface area contributed by atoms with Gasteiger partial charge in [0.25, 0.3) is 0 Å². The summed E-state index contributed by atoms with van der Waals surface area (Å²) in [4.78, 5) is 17.4. The minimum Gasteiger partial charge on any atom is -0.459 e. The quantitative estimate of drug-likeness (QED) is 0.0620. The molecule has 0 heterocycles. The van der Waals surface area contributed by atoms with E-state index < -0.39 is 0 Å². The lowest BCUT2D eigenvalue weighted by atomic mass is 9.91. The van der Waals surface area contributed by atoms with Gasteiger partial charge in [0.15, 0.2) is 0 Å². The molecule has 0 amide bonds. The van der Waals surface area contributed by atoms with E-state index in [9.17, 15) is 9.90 Å². The molecule has 1 unspecified atom stereocenters. The van der Waals surface area contributed by atoms with Gasteiger partial charge in [0.05, 0.1) is 13.2 Å². The molecule has 1 aliphatic carbocycles. The number of carbonyl (C=O) groups is 1. The maximum absolute atomic E-state index is 12.7. The zero-order chi connectivity index (χ0) is 30.5. The third kappa shape index (κ3) is 22.8. The first kappa shape index (κ1) is 39.3. The van der Waals surface area contributed by atoms with Crippen LogP contribution in [0, 0.1) is 0 Å². The van der Waals surface area contributed by atoms with Gasteiger partial charge in [-0.1, -0.05) is 129 Å². The molecule has 1 aliphatic rings. The summed E-state index contributed by atoms with van der Waals surface area (Å²) >= 11 is 0. The highest BCUT2D eigenvalue weighted by Crippen LogP contribution is 2.24. The van der Waals surface area contributed by atoms with Gasteiger partial charge < -0.3 is 19.5 Å². The maximum atomic E-state index is 12.7. The normalized spacial score (nSPS) is 14.5. The van der Waals surface area contributed by atoms with Crippen molar-refractivity contribution in [2.24, 2.45) is 0 Å². The number of carbonyl (C=O) groups excluding carboxylic acids is 1. The van der Waals surface area contributed by atoms with Crippen molar-refractivity contribution >= 4 is 5.97 Å². The molecular weight excluding hydrogens is 524 g/mol. The second-order valence-corrected chi connectivity index (χ2v) is 13.1. The molecular formula is C36H72N2O4. The Kier molecular flexibility index (Phi) is 27.2. The van der Waals surface area contributed by atoms with Crippen LogP contribution < -0.4 is 0 Å². The van der Waals surface area contributed by atoms with Gasteiger partial charge in [-0.15, -0.1) is 0 Å². The number of hydrogen-bond acceptors (Lipinski definition) is 6. The molecule has 6 nitrogen and oxygen atoms in total. The fourth-order valence-electron chi connectivity index (χ4n) is 5.95. The zero-order valence-corrected chi connectivity index (χ0v) is 28.4. The molecule has 0 aliphatic heterocycles. The molecule has 0 bridgehead atoms. The van der Waals surface area contributed by atoms with Gasteiger partial charge >= 0.3 is 5.97 Å². The number of aliphatic hydroxyl groups is 1. The average molecular weight is 597 g/mol. The monoisotopic (exact) mass is 597 g/mol. The van der Waals surface area contributed by atoms with Crippen LogP contribution in [0.25, 0.3) is 0 Å². The van der Waals surface area contributed by atoms with E-state index in [1.54, 1.807) is 0 Å². The Labute approximate surface area is 261 Å². The van der Waals surface area contributed by atoms with Gasteiger partial charge in [-0.3, -0.25) is 9.69 Å². The molecule has 0 radical (unpaired) electrons. The van der Waals surface area contributed by atoms with E-state index >= 15 is 0 Å². The van der Waals surface area contributed by atoms with Gasteiger partial charge in [-0.2, -0.15) is 0 Å². The molecule has 1 rings (SSSR count). The van der Waals surface area contributed by atoms with E-state index in [0.717, 1.165) is 45.5 Å². The van der Waals surface area contributed by atoms with E-state index in [-0.39, 0.29) is 18.7 Å². The highest BCUT2D eigenvalue weighted by Gasteiger charge is 2.25. The second-order valence-electron chi connectivity index (χ2n) is 13.1. The summed E-state index contributed by atoms with van der Waals surface area (Å²) in [6.45, 7) is 9.27. The Morgan fingerprint density at radius 3 is 1.76 bits per heavy atom. The first-order chi connectivity index (χ1) is 20.6. The Morgan fingerprint density at radius 2 is 1.26 bits per heavy atom. The molecule has 0 spiro atoms. The number of aliphatic hydroxyl groups excluding tert-OH is 1. The molecule has 0 aromatic carbocycles. The average Bonchev–Trinajstić information content (AvgIpc) is 2.94. The second kappa shape index (κ2) is 29.0. The molecule has 6 heteroatoms. The van der Waals surface area contributed by atoms with Crippen molar-refractivity contribution in [1.82, 2.24) is 9.80 Å². The lowest BCUT2D eigenvalue weighted by Crippen LogP contribution is -2.46. The maximum Gasteiger partial charge on any atom is 0.306 e. The van der Waals surface area contributed by atoms with Crippen LogP contribution in [-0.4, -0.2) is 86.1 Å². The summed E-state index contributed by atoms with van der Waals surface area (Å²) in [5, 5.41) is 9.49. The predicted molar refractivity (Wildman–Crippen MR) is 178 cm³/mol. The van der Waals surface area contributed by atoms with Crippen molar-refractivity contribution in [2.45, 2.75) is 174 Å². The summed E-state index contributed by atoms with van der Waals surface area (Å²) in [5.74, 6) is -0.0738. The molecule has 1 saturated carbocycles. The van der Waals surface area contributed by atoms with Crippen LogP contribution in [0.4, 0.5) is 0 Å². The van der Waals surface area contributed by atoms with Crippen LogP contribution in [0.2, 0.25) is 0 Å². The summed E-state index contributed by atoms with van der Waals surface area (Å²) < 4.78 is 12.0. The van der Waals surface area contributed by atoms with E-state index in [1.807, 2.05) is 0 Å². The Hall–Kier alpha value is -0.690. The number of rotatable bonds is 32. The van der Waals surface area contributed by atoms with Crippen LogP contribution in [-0.2, 0) is 14.3 Å². The summed E-state index contributed by atoms with van der Waals surface area (Å²) in [7, 11) is 2.11. The summed E-state index contributed by atoms with van der Waals surface area (Å²) in [6.07, 6.45) is 28.5. The van der Waals surface area contributed by atoms with Crippen LogP contribution in [0.5, 0.6) is 0 Å². The molecule has 42 heavy (non-hydrogen) atoms. The van der Waals surface area contributed by atoms with Gasteiger partial charge in [0, 0.05) is 45.2 Å². The molecule has 250 valence electrons. The van der Waals surface area contributed by atoms with Crippen molar-refractivity contribution in [1.29, 1.82) is 0 Å². The first-order valence-corrected chi connectivity index (χ1v) is 18.4. The van der Waals surface area contributed by atoms with E-state index in [1.165, 1.54) is 122 Å². The smallest absolute Gasteiger partial charge is 0.306 e. The van der Waals surface area contributed by atoms with Crippen LogP contribution >= 0.6 is 0 Å². The molecule has 1 atom stereocenters. The largest absolute Gasteiger partial charge is 0.459 e. The minimum atomic E-state index is -0.223. The Morgan fingerprint density at radius 1 is 0.738 bits per heavy atom.